The van der Waals surface area contributed by atoms with E-state index in [-0.39, 0.29) is 5.91 Å². The van der Waals surface area contributed by atoms with Gasteiger partial charge in [-0.25, -0.2) is 4.99 Å². The average Bonchev–Trinajstić information content (AvgIpc) is 2.53. The molecule has 18 heavy (non-hydrogen) atoms. The summed E-state index contributed by atoms with van der Waals surface area (Å²) in [4.78, 5) is 15.3. The van der Waals surface area contributed by atoms with Crippen LogP contribution in [0, 0.1) is 5.92 Å². The lowest BCUT2D eigenvalue weighted by Crippen LogP contribution is -2.30. The van der Waals surface area contributed by atoms with Crippen molar-refractivity contribution in [1.82, 2.24) is 0 Å². The summed E-state index contributed by atoms with van der Waals surface area (Å²) in [5.74, 6) is 0.605. The Morgan fingerprint density at radius 2 is 2.00 bits per heavy atom. The Morgan fingerprint density at radius 1 is 1.33 bits per heavy atom. The van der Waals surface area contributed by atoms with Gasteiger partial charge in [0.25, 0.3) is 5.91 Å². The Kier molecular flexibility index (Phi) is 4.84. The van der Waals surface area contributed by atoms with Crippen molar-refractivity contribution in [3.05, 3.63) is 0 Å². The molecule has 1 amide bonds. The second-order valence-corrected chi connectivity index (χ2v) is 6.81. The Hall–Kier alpha value is -0.350. The lowest BCUT2D eigenvalue weighted by molar-refractivity contribution is -0.130. The van der Waals surface area contributed by atoms with E-state index >= 15 is 0 Å². The number of carbonyl (C=O) groups excluding carboxylic acids is 1. The number of aliphatic imine (C=N–C) groups is 1. The molecule has 0 saturated heterocycles. The number of rotatable bonds is 4. The van der Waals surface area contributed by atoms with Gasteiger partial charge in [0.15, 0.2) is 4.93 Å². The summed E-state index contributed by atoms with van der Waals surface area (Å²) in [7, 11) is 0. The highest BCUT2D eigenvalue weighted by Gasteiger charge is 2.42. The van der Waals surface area contributed by atoms with Crippen molar-refractivity contribution < 1.29 is 9.53 Å². The molecule has 1 fully saturated rings. The topological polar surface area (TPSA) is 38.7 Å². The summed E-state index contributed by atoms with van der Waals surface area (Å²) in [6.07, 6.45) is 8.95. The molecule has 0 N–H and O–H groups in total. The van der Waals surface area contributed by atoms with E-state index in [1.807, 2.05) is 13.8 Å². The van der Waals surface area contributed by atoms with Crippen LogP contribution in [0.15, 0.2) is 4.99 Å². The van der Waals surface area contributed by atoms with Crippen LogP contribution in [0.5, 0.6) is 0 Å². The predicted molar refractivity (Wildman–Crippen MR) is 75.9 cm³/mol. The van der Waals surface area contributed by atoms with E-state index in [0.29, 0.717) is 6.61 Å². The molecule has 3 nitrogen and oxygen atoms in total. The van der Waals surface area contributed by atoms with Crippen molar-refractivity contribution in [1.29, 1.82) is 0 Å². The molecule has 1 saturated carbocycles. The molecule has 0 aromatic heterocycles. The van der Waals surface area contributed by atoms with Crippen LogP contribution >= 0.6 is 11.8 Å². The van der Waals surface area contributed by atoms with Crippen molar-refractivity contribution in [2.24, 2.45) is 10.9 Å². The first-order chi connectivity index (χ1) is 8.64. The highest BCUT2D eigenvalue weighted by molar-refractivity contribution is 8.16. The van der Waals surface area contributed by atoms with E-state index in [9.17, 15) is 4.79 Å². The summed E-state index contributed by atoms with van der Waals surface area (Å²) in [5, 5.41) is 0.989. The minimum atomic E-state index is -0.755. The fraction of sp³-hybridized carbons (Fsp3) is 0.857. The zero-order chi connectivity index (χ0) is 13.0. The van der Waals surface area contributed by atoms with Gasteiger partial charge >= 0.3 is 0 Å². The second-order valence-electron chi connectivity index (χ2n) is 5.35. The fourth-order valence-electron chi connectivity index (χ4n) is 2.78. The molecule has 0 bridgehead atoms. The number of ether oxygens (including phenoxy) is 1. The molecule has 0 aromatic rings. The first-order valence-electron chi connectivity index (χ1n) is 7.09. The third-order valence-electron chi connectivity index (χ3n) is 3.79. The molecule has 1 aliphatic heterocycles. The van der Waals surface area contributed by atoms with Gasteiger partial charge in [0.2, 0.25) is 0 Å². The maximum atomic E-state index is 11.9. The quantitative estimate of drug-likeness (QED) is 0.729. The molecule has 1 atom stereocenters. The lowest BCUT2D eigenvalue weighted by atomic mass is 9.97. The van der Waals surface area contributed by atoms with Gasteiger partial charge in [-0.1, -0.05) is 50.3 Å². The molecular formula is C14H23NO2S. The summed E-state index contributed by atoms with van der Waals surface area (Å²) < 4.78 is 5.55. The Balaban J connectivity index is 1.91. The van der Waals surface area contributed by atoms with E-state index in [1.54, 1.807) is 0 Å². The summed E-state index contributed by atoms with van der Waals surface area (Å²) in [6, 6.07) is 0. The van der Waals surface area contributed by atoms with Gasteiger partial charge in [0.05, 0.1) is 5.04 Å². The third-order valence-corrected chi connectivity index (χ3v) is 4.96. The molecule has 1 aliphatic carbocycles. The van der Waals surface area contributed by atoms with Gasteiger partial charge in [-0.15, -0.1) is 0 Å². The molecule has 102 valence electrons. The van der Waals surface area contributed by atoms with Crippen LogP contribution in [0.2, 0.25) is 0 Å². The fourth-order valence-corrected chi connectivity index (χ4v) is 3.98. The summed E-state index contributed by atoms with van der Waals surface area (Å²) >= 11 is 1.52. The van der Waals surface area contributed by atoms with E-state index in [0.717, 1.165) is 17.4 Å². The van der Waals surface area contributed by atoms with Gasteiger partial charge in [0.1, 0.15) is 0 Å². The molecular weight excluding hydrogens is 246 g/mol. The maximum absolute atomic E-state index is 11.9. The molecule has 1 heterocycles. The zero-order valence-electron chi connectivity index (χ0n) is 11.4. The maximum Gasteiger partial charge on any atom is 0.289 e. The molecule has 2 rings (SSSR count). The highest BCUT2D eigenvalue weighted by atomic mass is 32.2. The van der Waals surface area contributed by atoms with E-state index in [1.165, 1.54) is 50.3 Å². The van der Waals surface area contributed by atoms with Crippen molar-refractivity contribution in [2.75, 3.05) is 6.61 Å². The largest absolute Gasteiger partial charge is 0.355 e. The van der Waals surface area contributed by atoms with Crippen molar-refractivity contribution >= 4 is 22.7 Å². The average molecular weight is 269 g/mol. The number of amides is 1. The number of nitrogens with zero attached hydrogens (tertiary/aromatic N) is 1. The molecule has 0 radical (unpaired) electrons. The van der Waals surface area contributed by atoms with Crippen LogP contribution in [0.1, 0.15) is 58.8 Å². The van der Waals surface area contributed by atoms with Gasteiger partial charge in [-0.05, 0) is 26.2 Å². The first-order valence-corrected chi connectivity index (χ1v) is 7.90. The van der Waals surface area contributed by atoms with Crippen LogP contribution in [0.3, 0.4) is 0 Å². The van der Waals surface area contributed by atoms with Crippen LogP contribution in [-0.2, 0) is 9.53 Å². The van der Waals surface area contributed by atoms with Crippen LogP contribution < -0.4 is 0 Å². The standard InChI is InChI=1S/C14H23NO2S/c1-3-17-14(2)13(16)15-12(18-14)10-11-8-6-4-5-7-9-11/h11H,3-10H2,1-2H3. The van der Waals surface area contributed by atoms with Gasteiger partial charge in [0, 0.05) is 6.61 Å². The molecule has 0 aromatic carbocycles. The van der Waals surface area contributed by atoms with Crippen molar-refractivity contribution in [3.8, 4) is 0 Å². The van der Waals surface area contributed by atoms with Gasteiger partial charge in [-0.2, -0.15) is 0 Å². The normalized spacial score (nSPS) is 30.3. The number of hydrogen-bond acceptors (Lipinski definition) is 3. The van der Waals surface area contributed by atoms with Crippen molar-refractivity contribution in [3.63, 3.8) is 0 Å². The Morgan fingerprint density at radius 3 is 2.61 bits per heavy atom. The zero-order valence-corrected chi connectivity index (χ0v) is 12.2. The van der Waals surface area contributed by atoms with Crippen LogP contribution in [0.4, 0.5) is 0 Å². The van der Waals surface area contributed by atoms with Gasteiger partial charge in [-0.3, -0.25) is 4.79 Å². The number of thioether (sulfide) groups is 1. The highest BCUT2D eigenvalue weighted by Crippen LogP contribution is 2.38. The second kappa shape index (κ2) is 6.20. The lowest BCUT2D eigenvalue weighted by Gasteiger charge is -2.20. The minimum Gasteiger partial charge on any atom is -0.355 e. The molecule has 0 spiro atoms. The molecule has 1 unspecified atom stereocenters. The van der Waals surface area contributed by atoms with E-state index < -0.39 is 4.93 Å². The number of carbonyl (C=O) groups is 1. The molecule has 4 heteroatoms. The monoisotopic (exact) mass is 269 g/mol. The van der Waals surface area contributed by atoms with Crippen LogP contribution in [-0.4, -0.2) is 22.5 Å². The minimum absolute atomic E-state index is 0.113. The smallest absolute Gasteiger partial charge is 0.289 e. The number of hydrogen-bond donors (Lipinski definition) is 0. The van der Waals surface area contributed by atoms with E-state index in [2.05, 4.69) is 4.99 Å². The SMILES string of the molecule is CCOC1(C)SC(CC2CCCCCC2)=NC1=O. The third kappa shape index (κ3) is 3.35. The summed E-state index contributed by atoms with van der Waals surface area (Å²) in [6.45, 7) is 4.32. The summed E-state index contributed by atoms with van der Waals surface area (Å²) in [5.41, 5.74) is 0. The first kappa shape index (κ1) is 14.1. The van der Waals surface area contributed by atoms with Gasteiger partial charge < -0.3 is 4.74 Å². The Labute approximate surface area is 114 Å². The van der Waals surface area contributed by atoms with Crippen LogP contribution in [0.25, 0.3) is 0 Å². The Bertz CT molecular complexity index is 335. The molecule has 2 aliphatic rings. The van der Waals surface area contributed by atoms with Crippen molar-refractivity contribution in [2.45, 2.75) is 63.7 Å². The van der Waals surface area contributed by atoms with E-state index in [4.69, 9.17) is 4.74 Å². The predicted octanol–water partition coefficient (Wildman–Crippen LogP) is 3.77.